The summed E-state index contributed by atoms with van der Waals surface area (Å²) >= 11 is 3.37. The summed E-state index contributed by atoms with van der Waals surface area (Å²) in [5.74, 6) is -0.772. The van der Waals surface area contributed by atoms with Gasteiger partial charge in [-0.05, 0) is 54.6 Å². The molecule has 0 radical (unpaired) electrons. The molecule has 1 saturated carbocycles. The van der Waals surface area contributed by atoms with Crippen LogP contribution in [-0.2, 0) is 4.79 Å². The number of nitrogens with zero attached hydrogens (tertiary/aromatic N) is 1. The number of hydrogen-bond acceptors (Lipinski definition) is 2. The first kappa shape index (κ1) is 15.1. The molecule has 6 heteroatoms. The van der Waals surface area contributed by atoms with Gasteiger partial charge in [-0.25, -0.2) is 0 Å². The van der Waals surface area contributed by atoms with Crippen LogP contribution in [-0.4, -0.2) is 27.6 Å². The van der Waals surface area contributed by atoms with E-state index >= 15 is 0 Å². The van der Waals surface area contributed by atoms with Crippen molar-refractivity contribution in [2.45, 2.75) is 45.2 Å². The van der Waals surface area contributed by atoms with E-state index in [2.05, 4.69) is 21.2 Å². The van der Waals surface area contributed by atoms with Crippen molar-refractivity contribution in [2.24, 2.45) is 5.92 Å². The molecule has 0 spiro atoms. The highest BCUT2D eigenvalue weighted by Gasteiger charge is 2.34. The first-order valence-electron chi connectivity index (χ1n) is 6.78. The lowest BCUT2D eigenvalue weighted by Crippen LogP contribution is -2.39. The molecule has 1 unspecified atom stereocenters. The molecule has 2 rings (SSSR count). The van der Waals surface area contributed by atoms with Crippen LogP contribution in [0.3, 0.4) is 0 Å². The number of carboxylic acids is 1. The summed E-state index contributed by atoms with van der Waals surface area (Å²) in [6.45, 7) is 4.00. The average Bonchev–Trinajstić information content (AvgIpc) is 3.10. The molecule has 0 aromatic carbocycles. The molecule has 1 heterocycles. The van der Waals surface area contributed by atoms with Gasteiger partial charge in [0.1, 0.15) is 5.69 Å². The Morgan fingerprint density at radius 1 is 1.50 bits per heavy atom. The number of halogens is 1. The average molecular weight is 343 g/mol. The SMILES string of the molecule is CC(C)n1cc(Br)cc1C(=O)NC(CC(=O)O)C1CC1. The van der Waals surface area contributed by atoms with Crippen molar-refractivity contribution in [2.75, 3.05) is 0 Å². The minimum Gasteiger partial charge on any atom is -0.481 e. The summed E-state index contributed by atoms with van der Waals surface area (Å²) < 4.78 is 2.72. The molecule has 0 saturated heterocycles. The third kappa shape index (κ3) is 3.62. The molecule has 5 nitrogen and oxygen atoms in total. The van der Waals surface area contributed by atoms with Crippen LogP contribution in [0.4, 0.5) is 0 Å². The monoisotopic (exact) mass is 342 g/mol. The Bertz CT molecular complexity index is 520. The molecule has 1 aromatic heterocycles. The minimum absolute atomic E-state index is 0.0139. The fourth-order valence-corrected chi connectivity index (χ4v) is 2.76. The van der Waals surface area contributed by atoms with Crippen molar-refractivity contribution < 1.29 is 14.7 Å². The number of amides is 1. The van der Waals surface area contributed by atoms with E-state index in [1.165, 1.54) is 0 Å². The number of aromatic nitrogens is 1. The quantitative estimate of drug-likeness (QED) is 0.834. The summed E-state index contributed by atoms with van der Waals surface area (Å²) in [6.07, 6.45) is 3.84. The maximum absolute atomic E-state index is 12.4. The smallest absolute Gasteiger partial charge is 0.305 e. The van der Waals surface area contributed by atoms with Gasteiger partial charge in [0.25, 0.3) is 5.91 Å². The second kappa shape index (κ2) is 5.99. The van der Waals surface area contributed by atoms with E-state index in [9.17, 15) is 9.59 Å². The number of carboxylic acid groups (broad SMARTS) is 1. The van der Waals surface area contributed by atoms with E-state index < -0.39 is 5.97 Å². The maximum atomic E-state index is 12.4. The van der Waals surface area contributed by atoms with Crippen LogP contribution < -0.4 is 5.32 Å². The number of aliphatic carboxylic acids is 1. The topological polar surface area (TPSA) is 71.3 Å². The normalized spacial score (nSPS) is 16.2. The number of carbonyl (C=O) groups is 2. The van der Waals surface area contributed by atoms with Crippen molar-refractivity contribution in [3.63, 3.8) is 0 Å². The Labute approximate surface area is 126 Å². The molecule has 20 heavy (non-hydrogen) atoms. The van der Waals surface area contributed by atoms with Gasteiger partial charge in [-0.2, -0.15) is 0 Å². The standard InChI is InChI=1S/C14H19BrN2O3/c1-8(2)17-7-10(15)5-12(17)14(20)16-11(6-13(18)19)9-3-4-9/h5,7-9,11H,3-4,6H2,1-2H3,(H,16,20)(H,18,19). The molecular formula is C14H19BrN2O3. The molecule has 1 amide bonds. The molecule has 1 atom stereocenters. The van der Waals surface area contributed by atoms with E-state index in [0.717, 1.165) is 17.3 Å². The molecule has 0 bridgehead atoms. The van der Waals surface area contributed by atoms with E-state index in [1.54, 1.807) is 6.07 Å². The molecular weight excluding hydrogens is 324 g/mol. The van der Waals surface area contributed by atoms with Gasteiger partial charge >= 0.3 is 5.97 Å². The van der Waals surface area contributed by atoms with Crippen molar-refractivity contribution in [1.29, 1.82) is 0 Å². The van der Waals surface area contributed by atoms with Gasteiger partial charge in [0.2, 0.25) is 0 Å². The second-order valence-electron chi connectivity index (χ2n) is 5.56. The second-order valence-corrected chi connectivity index (χ2v) is 6.48. The van der Waals surface area contributed by atoms with Crippen molar-refractivity contribution in [1.82, 2.24) is 9.88 Å². The molecule has 1 aromatic rings. The molecule has 2 N–H and O–H groups in total. The Balaban J connectivity index is 2.12. The zero-order valence-electron chi connectivity index (χ0n) is 11.6. The number of carbonyl (C=O) groups excluding carboxylic acids is 1. The van der Waals surface area contributed by atoms with Crippen LogP contribution in [0.2, 0.25) is 0 Å². The lowest BCUT2D eigenvalue weighted by atomic mass is 10.1. The lowest BCUT2D eigenvalue weighted by Gasteiger charge is -2.18. The third-order valence-electron chi connectivity index (χ3n) is 3.51. The zero-order valence-corrected chi connectivity index (χ0v) is 13.2. The van der Waals surface area contributed by atoms with Crippen LogP contribution in [0.25, 0.3) is 0 Å². The fraction of sp³-hybridized carbons (Fsp3) is 0.571. The number of hydrogen-bond donors (Lipinski definition) is 2. The predicted molar refractivity (Wildman–Crippen MR) is 78.7 cm³/mol. The van der Waals surface area contributed by atoms with E-state index in [0.29, 0.717) is 11.6 Å². The summed E-state index contributed by atoms with van der Waals surface area (Å²) in [5, 5.41) is 11.8. The van der Waals surface area contributed by atoms with Crippen molar-refractivity contribution in [3.8, 4) is 0 Å². The number of nitrogens with one attached hydrogen (secondary N) is 1. The Morgan fingerprint density at radius 3 is 2.65 bits per heavy atom. The first-order valence-corrected chi connectivity index (χ1v) is 7.57. The largest absolute Gasteiger partial charge is 0.481 e. The van der Waals surface area contributed by atoms with Crippen molar-refractivity contribution in [3.05, 3.63) is 22.4 Å². The fourth-order valence-electron chi connectivity index (χ4n) is 2.32. The minimum atomic E-state index is -0.873. The Hall–Kier alpha value is -1.30. The van der Waals surface area contributed by atoms with Gasteiger partial charge in [-0.15, -0.1) is 0 Å². The van der Waals surface area contributed by atoms with Gasteiger partial charge in [0, 0.05) is 22.8 Å². The maximum Gasteiger partial charge on any atom is 0.305 e. The molecule has 1 aliphatic rings. The van der Waals surface area contributed by atoms with E-state index in [-0.39, 0.29) is 24.4 Å². The van der Waals surface area contributed by atoms with Crippen LogP contribution >= 0.6 is 15.9 Å². The van der Waals surface area contributed by atoms with Gasteiger partial charge in [0.05, 0.1) is 6.42 Å². The van der Waals surface area contributed by atoms with Crippen LogP contribution in [0.1, 0.15) is 49.6 Å². The Kier molecular flexibility index (Phi) is 4.52. The van der Waals surface area contributed by atoms with Crippen LogP contribution in [0.15, 0.2) is 16.7 Å². The highest BCUT2D eigenvalue weighted by molar-refractivity contribution is 9.10. The highest BCUT2D eigenvalue weighted by atomic mass is 79.9. The summed E-state index contributed by atoms with van der Waals surface area (Å²) in [5.41, 5.74) is 0.558. The van der Waals surface area contributed by atoms with E-state index in [4.69, 9.17) is 5.11 Å². The zero-order chi connectivity index (χ0) is 14.9. The van der Waals surface area contributed by atoms with Crippen molar-refractivity contribution >= 4 is 27.8 Å². The molecule has 1 aliphatic carbocycles. The van der Waals surface area contributed by atoms with Gasteiger partial charge in [0.15, 0.2) is 0 Å². The van der Waals surface area contributed by atoms with Gasteiger partial charge < -0.3 is 15.0 Å². The van der Waals surface area contributed by atoms with E-state index in [1.807, 2.05) is 24.6 Å². The first-order chi connectivity index (χ1) is 9.38. The third-order valence-corrected chi connectivity index (χ3v) is 3.94. The summed E-state index contributed by atoms with van der Waals surface area (Å²) in [4.78, 5) is 23.2. The van der Waals surface area contributed by atoms with Crippen LogP contribution in [0, 0.1) is 5.92 Å². The predicted octanol–water partition coefficient (Wildman–Crippen LogP) is 2.81. The molecule has 110 valence electrons. The molecule has 1 fully saturated rings. The summed E-state index contributed by atoms with van der Waals surface area (Å²) in [6, 6.07) is 1.66. The number of rotatable bonds is 6. The van der Waals surface area contributed by atoms with Gasteiger partial charge in [-0.3, -0.25) is 9.59 Å². The lowest BCUT2D eigenvalue weighted by molar-refractivity contribution is -0.137. The molecule has 0 aliphatic heterocycles. The Morgan fingerprint density at radius 2 is 2.15 bits per heavy atom. The van der Waals surface area contributed by atoms with Crippen LogP contribution in [0.5, 0.6) is 0 Å². The summed E-state index contributed by atoms with van der Waals surface area (Å²) in [7, 11) is 0. The highest BCUT2D eigenvalue weighted by Crippen LogP contribution is 2.34. The van der Waals surface area contributed by atoms with Gasteiger partial charge in [-0.1, -0.05) is 0 Å².